The summed E-state index contributed by atoms with van der Waals surface area (Å²) in [7, 11) is 0. The number of aliphatic hydroxyl groups excluding tert-OH is 3. The first kappa shape index (κ1) is 14.4. The third kappa shape index (κ3) is 2.95. The monoisotopic (exact) mass is 256 g/mol. The summed E-state index contributed by atoms with van der Waals surface area (Å²) >= 11 is 0. The van der Waals surface area contributed by atoms with Crippen LogP contribution in [0.5, 0.6) is 0 Å². The summed E-state index contributed by atoms with van der Waals surface area (Å²) in [6, 6.07) is 1.36. The predicted octanol–water partition coefficient (Wildman–Crippen LogP) is -1.34. The maximum Gasteiger partial charge on any atom is 0.268 e. The van der Waals surface area contributed by atoms with Gasteiger partial charge in [0.15, 0.2) is 5.78 Å². The topological polar surface area (TPSA) is 123 Å². The van der Waals surface area contributed by atoms with E-state index in [2.05, 4.69) is 10.3 Å². The molecular formula is C11H16N2O5. The predicted molar refractivity (Wildman–Crippen MR) is 62.3 cm³/mol. The molecule has 18 heavy (non-hydrogen) atoms. The molecule has 0 atom stereocenters. The molecule has 0 aliphatic heterocycles. The molecule has 1 rings (SSSR count). The Labute approximate surface area is 103 Å². The number of Topliss-reactive ketones (excluding diaryl/α,β-unsaturated/α-hetero) is 1. The second kappa shape index (κ2) is 5.76. The molecule has 0 radical (unpaired) electrons. The van der Waals surface area contributed by atoms with Crippen LogP contribution in [0, 0.1) is 0 Å². The largest absolute Gasteiger partial charge is 0.394 e. The minimum atomic E-state index is -1.49. The molecule has 0 unspecified atom stereocenters. The highest BCUT2D eigenvalue weighted by Gasteiger charge is 2.30. The van der Waals surface area contributed by atoms with Crippen molar-refractivity contribution >= 4 is 11.7 Å². The molecule has 0 spiro atoms. The summed E-state index contributed by atoms with van der Waals surface area (Å²) in [4.78, 5) is 25.5. The third-order valence-corrected chi connectivity index (χ3v) is 2.62. The van der Waals surface area contributed by atoms with Gasteiger partial charge >= 0.3 is 0 Å². The van der Waals surface area contributed by atoms with Crippen molar-refractivity contribution in [3.8, 4) is 0 Å². The Balaban J connectivity index is 2.84. The number of carbonyl (C=O) groups is 2. The molecule has 0 aromatic carbocycles. The maximum absolute atomic E-state index is 11.8. The summed E-state index contributed by atoms with van der Waals surface area (Å²) in [6.45, 7) is -0.450. The zero-order valence-electron chi connectivity index (χ0n) is 9.93. The number of nitrogens with one attached hydrogen (secondary N) is 2. The van der Waals surface area contributed by atoms with Gasteiger partial charge in [0.2, 0.25) is 0 Å². The second-order valence-corrected chi connectivity index (χ2v) is 4.07. The smallest absolute Gasteiger partial charge is 0.268 e. The van der Waals surface area contributed by atoms with Gasteiger partial charge in [-0.1, -0.05) is 0 Å². The quantitative estimate of drug-likeness (QED) is 0.403. The highest BCUT2D eigenvalue weighted by atomic mass is 16.3. The fourth-order valence-corrected chi connectivity index (χ4v) is 1.31. The molecule has 7 nitrogen and oxygen atoms in total. The van der Waals surface area contributed by atoms with Gasteiger partial charge in [0, 0.05) is 11.8 Å². The van der Waals surface area contributed by atoms with Gasteiger partial charge in [-0.05, 0) is 13.0 Å². The fraction of sp³-hybridized carbons (Fsp3) is 0.455. The van der Waals surface area contributed by atoms with Crippen LogP contribution in [0.15, 0.2) is 12.3 Å². The van der Waals surface area contributed by atoms with E-state index in [-0.39, 0.29) is 11.5 Å². The molecule has 0 aliphatic carbocycles. The molecule has 1 amide bonds. The zero-order valence-corrected chi connectivity index (χ0v) is 9.93. The summed E-state index contributed by atoms with van der Waals surface area (Å²) in [6.07, 6.45) is 1.38. The van der Waals surface area contributed by atoms with Crippen LogP contribution < -0.4 is 5.32 Å². The van der Waals surface area contributed by atoms with Crippen molar-refractivity contribution in [2.45, 2.75) is 12.5 Å². The van der Waals surface area contributed by atoms with Crippen LogP contribution in [-0.4, -0.2) is 57.4 Å². The van der Waals surface area contributed by atoms with E-state index in [1.165, 1.54) is 19.2 Å². The van der Waals surface area contributed by atoms with Gasteiger partial charge in [0.1, 0.15) is 11.2 Å². The van der Waals surface area contributed by atoms with E-state index in [0.29, 0.717) is 5.56 Å². The Morgan fingerprint density at radius 1 is 1.28 bits per heavy atom. The van der Waals surface area contributed by atoms with Gasteiger partial charge in [-0.25, -0.2) is 0 Å². The van der Waals surface area contributed by atoms with Crippen LogP contribution >= 0.6 is 0 Å². The Hall–Kier alpha value is -1.70. The maximum atomic E-state index is 11.8. The standard InChI is InChI=1S/C11H16N2O5/c1-7(17)8-2-9(12-3-8)10(18)13-11(4-14,5-15)6-16/h2-3,12,14-16H,4-6H2,1H3,(H,13,18). The number of H-pyrrole nitrogens is 1. The van der Waals surface area contributed by atoms with Crippen molar-refractivity contribution in [3.63, 3.8) is 0 Å². The molecule has 1 heterocycles. The second-order valence-electron chi connectivity index (χ2n) is 4.07. The Kier molecular flexibility index (Phi) is 4.60. The number of aliphatic hydroxyl groups is 3. The van der Waals surface area contributed by atoms with Crippen molar-refractivity contribution < 1.29 is 24.9 Å². The SMILES string of the molecule is CC(=O)c1c[nH]c(C(=O)NC(CO)(CO)CO)c1. The third-order valence-electron chi connectivity index (χ3n) is 2.62. The van der Waals surface area contributed by atoms with E-state index < -0.39 is 31.3 Å². The number of carbonyl (C=O) groups excluding carboxylic acids is 2. The Morgan fingerprint density at radius 2 is 1.83 bits per heavy atom. The highest BCUT2D eigenvalue weighted by molar-refractivity contribution is 5.99. The number of amides is 1. The van der Waals surface area contributed by atoms with E-state index in [0.717, 1.165) is 0 Å². The molecule has 5 N–H and O–H groups in total. The number of ketones is 1. The van der Waals surface area contributed by atoms with Gasteiger partial charge in [0.05, 0.1) is 19.8 Å². The Bertz CT molecular complexity index is 428. The lowest BCUT2D eigenvalue weighted by Crippen LogP contribution is -2.57. The lowest BCUT2D eigenvalue weighted by atomic mass is 10.0. The summed E-state index contributed by atoms with van der Waals surface area (Å²) in [5.74, 6) is -0.817. The van der Waals surface area contributed by atoms with E-state index in [1.807, 2.05) is 0 Å². The molecular weight excluding hydrogens is 240 g/mol. The molecule has 0 aliphatic rings. The van der Waals surface area contributed by atoms with Crippen molar-refractivity contribution in [1.82, 2.24) is 10.3 Å². The van der Waals surface area contributed by atoms with Crippen LogP contribution in [0.25, 0.3) is 0 Å². The molecule has 0 fully saturated rings. The van der Waals surface area contributed by atoms with Gasteiger partial charge in [0.25, 0.3) is 5.91 Å². The molecule has 1 aromatic heterocycles. The minimum Gasteiger partial charge on any atom is -0.394 e. The van der Waals surface area contributed by atoms with Crippen LogP contribution in [0.3, 0.4) is 0 Å². The van der Waals surface area contributed by atoms with E-state index >= 15 is 0 Å². The van der Waals surface area contributed by atoms with Crippen LogP contribution in [0.2, 0.25) is 0 Å². The average molecular weight is 256 g/mol. The minimum absolute atomic E-state index is 0.111. The van der Waals surface area contributed by atoms with Crippen molar-refractivity contribution in [2.75, 3.05) is 19.8 Å². The van der Waals surface area contributed by atoms with Gasteiger partial charge < -0.3 is 25.6 Å². The van der Waals surface area contributed by atoms with Crippen LogP contribution in [-0.2, 0) is 0 Å². The lowest BCUT2D eigenvalue weighted by Gasteiger charge is -2.28. The van der Waals surface area contributed by atoms with Gasteiger partial charge in [-0.2, -0.15) is 0 Å². The van der Waals surface area contributed by atoms with Crippen molar-refractivity contribution in [3.05, 3.63) is 23.5 Å². The highest BCUT2D eigenvalue weighted by Crippen LogP contribution is 2.07. The van der Waals surface area contributed by atoms with Crippen LogP contribution in [0.1, 0.15) is 27.8 Å². The average Bonchev–Trinajstić information content (AvgIpc) is 2.86. The number of hydrogen-bond donors (Lipinski definition) is 5. The molecule has 100 valence electrons. The van der Waals surface area contributed by atoms with E-state index in [4.69, 9.17) is 15.3 Å². The van der Waals surface area contributed by atoms with Gasteiger partial charge in [-0.15, -0.1) is 0 Å². The van der Waals surface area contributed by atoms with Crippen LogP contribution in [0.4, 0.5) is 0 Å². The summed E-state index contributed by atoms with van der Waals surface area (Å²) in [5, 5.41) is 29.5. The molecule has 0 saturated heterocycles. The number of hydrogen-bond acceptors (Lipinski definition) is 5. The number of rotatable bonds is 6. The first-order valence-electron chi connectivity index (χ1n) is 5.32. The number of aromatic nitrogens is 1. The zero-order chi connectivity index (χ0) is 13.8. The fourth-order valence-electron chi connectivity index (χ4n) is 1.31. The summed E-state index contributed by atoms with van der Waals surface area (Å²) in [5.41, 5.74) is -1.03. The summed E-state index contributed by atoms with van der Waals surface area (Å²) < 4.78 is 0. The first-order valence-corrected chi connectivity index (χ1v) is 5.32. The molecule has 7 heteroatoms. The molecule has 0 saturated carbocycles. The Morgan fingerprint density at radius 3 is 2.22 bits per heavy atom. The van der Waals surface area contributed by atoms with Gasteiger partial charge in [-0.3, -0.25) is 9.59 Å². The molecule has 1 aromatic rings. The molecule has 0 bridgehead atoms. The lowest BCUT2D eigenvalue weighted by molar-refractivity contribution is 0.0373. The normalized spacial score (nSPS) is 11.3. The van der Waals surface area contributed by atoms with Crippen molar-refractivity contribution in [2.24, 2.45) is 0 Å². The van der Waals surface area contributed by atoms with E-state index in [1.54, 1.807) is 0 Å². The first-order chi connectivity index (χ1) is 8.48. The van der Waals surface area contributed by atoms with E-state index in [9.17, 15) is 9.59 Å². The number of aromatic amines is 1. The van der Waals surface area contributed by atoms with Crippen molar-refractivity contribution in [1.29, 1.82) is 0 Å².